The molecule has 3 aromatic rings. The largest absolute Gasteiger partial charge is 0.486 e. The molecule has 168 valence electrons. The van der Waals surface area contributed by atoms with E-state index in [0.717, 1.165) is 4.88 Å². The molecular weight excluding hydrogens is 469 g/mol. The maximum Gasteiger partial charge on any atom is 0.417 e. The van der Waals surface area contributed by atoms with Gasteiger partial charge in [0.05, 0.1) is 12.1 Å². The average molecular weight is 485 g/mol. The van der Waals surface area contributed by atoms with Crippen molar-refractivity contribution in [2.45, 2.75) is 19.3 Å². The van der Waals surface area contributed by atoms with Crippen LogP contribution in [-0.4, -0.2) is 23.7 Å². The summed E-state index contributed by atoms with van der Waals surface area (Å²) in [6.45, 7) is 0.302. The molecule has 0 spiro atoms. The monoisotopic (exact) mass is 484 g/mol. The van der Waals surface area contributed by atoms with Gasteiger partial charge in [-0.05, 0) is 29.6 Å². The van der Waals surface area contributed by atoms with Crippen LogP contribution in [0.5, 0.6) is 11.5 Å². The molecule has 0 fully saturated rings. The molecule has 0 atom stereocenters. The molecule has 0 saturated carbocycles. The number of alkyl halides is 3. The normalized spacial score (nSPS) is 13.1. The van der Waals surface area contributed by atoms with Crippen LogP contribution in [-0.2, 0) is 24.1 Å². The van der Waals surface area contributed by atoms with E-state index in [9.17, 15) is 22.8 Å². The van der Waals surface area contributed by atoms with Crippen LogP contribution in [0.4, 0.5) is 18.9 Å². The molecule has 1 amide bonds. The third-order valence-corrected chi connectivity index (χ3v) is 5.84. The van der Waals surface area contributed by atoms with E-state index in [0.29, 0.717) is 47.2 Å². The molecule has 0 bridgehead atoms. The Kier molecular flexibility index (Phi) is 6.16. The van der Waals surface area contributed by atoms with Crippen molar-refractivity contribution in [1.29, 1.82) is 0 Å². The van der Waals surface area contributed by atoms with Crippen LogP contribution in [0.3, 0.4) is 0 Å². The highest BCUT2D eigenvalue weighted by Gasteiger charge is 2.32. The summed E-state index contributed by atoms with van der Waals surface area (Å²) in [5.74, 6) is 0.397. The van der Waals surface area contributed by atoms with Gasteiger partial charge in [0.25, 0.3) is 5.56 Å². The number of halogens is 4. The smallest absolute Gasteiger partial charge is 0.417 e. The van der Waals surface area contributed by atoms with Crippen LogP contribution in [0.25, 0.3) is 0 Å². The Balaban J connectivity index is 1.69. The fourth-order valence-corrected chi connectivity index (χ4v) is 4.10. The first-order valence-corrected chi connectivity index (χ1v) is 10.7. The summed E-state index contributed by atoms with van der Waals surface area (Å²) >= 11 is 7.13. The van der Waals surface area contributed by atoms with E-state index in [-0.39, 0.29) is 6.54 Å². The second-order valence-electron chi connectivity index (χ2n) is 6.89. The predicted molar refractivity (Wildman–Crippen MR) is 114 cm³/mol. The van der Waals surface area contributed by atoms with E-state index >= 15 is 0 Å². The summed E-state index contributed by atoms with van der Waals surface area (Å²) in [6, 6.07) is 9.14. The summed E-state index contributed by atoms with van der Waals surface area (Å²) in [5.41, 5.74) is -1.54. The Morgan fingerprint density at radius 2 is 1.91 bits per heavy atom. The Morgan fingerprint density at radius 1 is 1.16 bits per heavy atom. The van der Waals surface area contributed by atoms with Gasteiger partial charge in [0.2, 0.25) is 5.91 Å². The minimum Gasteiger partial charge on any atom is -0.486 e. The first-order chi connectivity index (χ1) is 15.2. The van der Waals surface area contributed by atoms with Gasteiger partial charge in [0.1, 0.15) is 24.8 Å². The molecule has 11 heteroatoms. The molecule has 4 rings (SSSR count). The van der Waals surface area contributed by atoms with Gasteiger partial charge in [-0.3, -0.25) is 9.59 Å². The van der Waals surface area contributed by atoms with Gasteiger partial charge in [0, 0.05) is 22.8 Å². The molecule has 1 aliphatic rings. The number of fused-ring (bicyclic) bond motifs is 1. The van der Waals surface area contributed by atoms with Crippen molar-refractivity contribution in [3.63, 3.8) is 0 Å². The number of aromatic nitrogens is 1. The standard InChI is InChI=1S/C21H16ClF3N2O4S/c22-16-8-13(21(23,24)25)10-26(20(16)29)12-19(28)27(11-15-2-1-7-32-15)14-3-4-17-18(9-14)31-6-5-30-17/h1-4,7-10H,5-6,11-12H2. The molecule has 2 aromatic heterocycles. The number of hydrogen-bond acceptors (Lipinski definition) is 5. The van der Waals surface area contributed by atoms with Crippen molar-refractivity contribution in [2.24, 2.45) is 0 Å². The number of ether oxygens (including phenoxy) is 2. The fourth-order valence-electron chi connectivity index (χ4n) is 3.18. The van der Waals surface area contributed by atoms with Gasteiger partial charge in [-0.25, -0.2) is 0 Å². The zero-order chi connectivity index (χ0) is 22.9. The molecule has 0 aliphatic carbocycles. The molecule has 0 N–H and O–H groups in total. The van der Waals surface area contributed by atoms with Crippen LogP contribution in [0, 0.1) is 0 Å². The van der Waals surface area contributed by atoms with Gasteiger partial charge in [-0.15, -0.1) is 11.3 Å². The third-order valence-electron chi connectivity index (χ3n) is 4.71. The average Bonchev–Trinajstić information content (AvgIpc) is 3.27. The number of nitrogens with zero attached hydrogens (tertiary/aromatic N) is 2. The van der Waals surface area contributed by atoms with E-state index in [1.165, 1.54) is 16.2 Å². The molecule has 6 nitrogen and oxygen atoms in total. The lowest BCUT2D eigenvalue weighted by atomic mass is 10.2. The van der Waals surface area contributed by atoms with E-state index in [1.807, 2.05) is 17.5 Å². The molecule has 0 saturated heterocycles. The maximum absolute atomic E-state index is 13.2. The lowest BCUT2D eigenvalue weighted by Gasteiger charge is -2.25. The van der Waals surface area contributed by atoms with Crippen molar-refractivity contribution < 1.29 is 27.4 Å². The first kappa shape index (κ1) is 22.2. The summed E-state index contributed by atoms with van der Waals surface area (Å²) in [5, 5.41) is 1.23. The zero-order valence-electron chi connectivity index (χ0n) is 16.4. The minimum absolute atomic E-state index is 0.164. The molecule has 0 unspecified atom stereocenters. The lowest BCUT2D eigenvalue weighted by Crippen LogP contribution is -2.36. The minimum atomic E-state index is -4.71. The van der Waals surface area contributed by atoms with Crippen LogP contribution in [0.2, 0.25) is 5.02 Å². The molecular formula is C21H16ClF3N2O4S. The summed E-state index contributed by atoms with van der Waals surface area (Å²) in [4.78, 5) is 27.7. The highest BCUT2D eigenvalue weighted by Crippen LogP contribution is 2.35. The summed E-state index contributed by atoms with van der Waals surface area (Å²) < 4.78 is 51.2. The van der Waals surface area contributed by atoms with Gasteiger partial charge in [-0.2, -0.15) is 13.2 Å². The SMILES string of the molecule is O=C(Cn1cc(C(F)(F)F)cc(Cl)c1=O)N(Cc1cccs1)c1ccc2c(c1)OCCO2. The number of benzene rings is 1. The van der Waals surface area contributed by atoms with Crippen molar-refractivity contribution in [2.75, 3.05) is 18.1 Å². The van der Waals surface area contributed by atoms with Crippen LogP contribution >= 0.6 is 22.9 Å². The number of rotatable bonds is 5. The highest BCUT2D eigenvalue weighted by atomic mass is 35.5. The van der Waals surface area contributed by atoms with Crippen LogP contribution in [0.1, 0.15) is 10.4 Å². The first-order valence-electron chi connectivity index (χ1n) is 9.42. The highest BCUT2D eigenvalue weighted by molar-refractivity contribution is 7.09. The van der Waals surface area contributed by atoms with Crippen molar-refractivity contribution in [3.05, 3.63) is 73.8 Å². The molecule has 1 aliphatic heterocycles. The fraction of sp³-hybridized carbons (Fsp3) is 0.238. The molecule has 3 heterocycles. The van der Waals surface area contributed by atoms with Gasteiger partial charge in [0.15, 0.2) is 11.5 Å². The Bertz CT molecular complexity index is 1190. The number of thiophene rings is 1. The number of pyridine rings is 1. The maximum atomic E-state index is 13.2. The van der Waals surface area contributed by atoms with E-state index in [1.54, 1.807) is 18.2 Å². The van der Waals surface area contributed by atoms with E-state index in [2.05, 4.69) is 0 Å². The lowest BCUT2D eigenvalue weighted by molar-refractivity contribution is -0.138. The third kappa shape index (κ3) is 4.76. The Hall–Kier alpha value is -2.98. The van der Waals surface area contributed by atoms with Gasteiger partial charge < -0.3 is 18.9 Å². The Morgan fingerprint density at radius 3 is 2.59 bits per heavy atom. The van der Waals surface area contributed by atoms with Crippen molar-refractivity contribution >= 4 is 34.5 Å². The van der Waals surface area contributed by atoms with Crippen molar-refractivity contribution in [3.8, 4) is 11.5 Å². The zero-order valence-corrected chi connectivity index (χ0v) is 18.0. The van der Waals surface area contributed by atoms with Crippen LogP contribution < -0.4 is 19.9 Å². The van der Waals surface area contributed by atoms with Crippen LogP contribution in [0.15, 0.2) is 52.8 Å². The molecule has 32 heavy (non-hydrogen) atoms. The summed E-state index contributed by atoms with van der Waals surface area (Å²) in [6.07, 6.45) is -4.12. The molecule has 0 radical (unpaired) electrons. The topological polar surface area (TPSA) is 60.8 Å². The number of anilines is 1. The Labute approximate surface area is 189 Å². The second kappa shape index (κ2) is 8.87. The number of carbonyl (C=O) groups excluding carboxylic acids is 1. The van der Waals surface area contributed by atoms with E-state index < -0.39 is 34.8 Å². The quantitative estimate of drug-likeness (QED) is 0.531. The number of carbonyl (C=O) groups is 1. The van der Waals surface area contributed by atoms with Crippen molar-refractivity contribution in [1.82, 2.24) is 4.57 Å². The summed E-state index contributed by atoms with van der Waals surface area (Å²) in [7, 11) is 0. The number of hydrogen-bond donors (Lipinski definition) is 0. The van der Waals surface area contributed by atoms with Gasteiger partial charge >= 0.3 is 6.18 Å². The predicted octanol–water partition coefficient (Wildman–Crippen LogP) is 4.59. The second-order valence-corrected chi connectivity index (χ2v) is 8.33. The van der Waals surface area contributed by atoms with E-state index in [4.69, 9.17) is 21.1 Å². The molecule has 1 aromatic carbocycles. The number of amides is 1. The van der Waals surface area contributed by atoms with Gasteiger partial charge in [-0.1, -0.05) is 17.7 Å².